The lowest BCUT2D eigenvalue weighted by Gasteiger charge is -2.14. The topological polar surface area (TPSA) is 85.6 Å². The number of pyridine rings is 1. The average molecular weight is 545 g/mol. The summed E-state index contributed by atoms with van der Waals surface area (Å²) >= 11 is 0. The predicted octanol–water partition coefficient (Wildman–Crippen LogP) is 6.84. The van der Waals surface area contributed by atoms with E-state index >= 15 is 0 Å². The molecule has 204 valence electrons. The van der Waals surface area contributed by atoms with Crippen LogP contribution in [0.2, 0.25) is 0 Å². The number of carbonyl (C=O) groups excluding carboxylic acids is 1. The number of nitrogens with zero attached hydrogens (tertiary/aromatic N) is 5. The molecule has 5 aromatic rings. The molecule has 0 unspecified atom stereocenters. The average Bonchev–Trinajstić information content (AvgIpc) is 3.36. The number of anilines is 1. The Labute approximate surface area is 229 Å². The Balaban J connectivity index is 0.00000370. The summed E-state index contributed by atoms with van der Waals surface area (Å²) in [6, 6.07) is 14.1. The summed E-state index contributed by atoms with van der Waals surface area (Å²) in [4.78, 5) is 30.3. The van der Waals surface area contributed by atoms with Crippen molar-refractivity contribution in [2.75, 3.05) is 5.32 Å². The molecule has 1 N–H and O–H groups in total. The fourth-order valence-electron chi connectivity index (χ4n) is 4.09. The summed E-state index contributed by atoms with van der Waals surface area (Å²) in [6.45, 7) is 3.65. The Morgan fingerprint density at radius 1 is 1.00 bits per heavy atom. The molecular weight excluding hydrogens is 517 g/mol. The maximum Gasteiger partial charge on any atom is 0.416 e. The van der Waals surface area contributed by atoms with Gasteiger partial charge in [0.05, 0.1) is 23.3 Å². The van der Waals surface area contributed by atoms with Gasteiger partial charge in [-0.25, -0.2) is 15.0 Å². The van der Waals surface area contributed by atoms with Gasteiger partial charge in [-0.2, -0.15) is 13.2 Å². The third kappa shape index (κ3) is 6.40. The zero-order valence-electron chi connectivity index (χ0n) is 21.1. The van der Waals surface area contributed by atoms with Gasteiger partial charge in [-0.3, -0.25) is 9.78 Å². The van der Waals surface area contributed by atoms with Crippen LogP contribution in [0, 0.1) is 13.8 Å². The van der Waals surface area contributed by atoms with Crippen molar-refractivity contribution < 1.29 is 18.0 Å². The first-order valence-electron chi connectivity index (χ1n) is 12.0. The second-order valence-corrected chi connectivity index (χ2v) is 9.06. The van der Waals surface area contributed by atoms with Gasteiger partial charge in [-0.15, -0.1) is 0 Å². The van der Waals surface area contributed by atoms with Gasteiger partial charge in [0.2, 0.25) is 0 Å². The number of nitrogens with one attached hydrogen (secondary N) is 1. The molecular formula is C30H27F3N6O. The summed E-state index contributed by atoms with van der Waals surface area (Å²) in [5, 5.41) is 2.62. The van der Waals surface area contributed by atoms with Crippen molar-refractivity contribution in [2.24, 2.45) is 0 Å². The first kappa shape index (κ1) is 28.2. The lowest BCUT2D eigenvalue weighted by molar-refractivity contribution is -0.137. The van der Waals surface area contributed by atoms with E-state index in [1.807, 2.05) is 19.1 Å². The Kier molecular flexibility index (Phi) is 8.08. The van der Waals surface area contributed by atoms with Crippen molar-refractivity contribution in [3.8, 4) is 16.9 Å². The number of alkyl halides is 3. The Morgan fingerprint density at radius 2 is 1.82 bits per heavy atom. The largest absolute Gasteiger partial charge is 0.416 e. The van der Waals surface area contributed by atoms with Gasteiger partial charge in [-0.1, -0.05) is 13.5 Å². The van der Waals surface area contributed by atoms with Crippen molar-refractivity contribution in [1.29, 1.82) is 0 Å². The number of aryl methyl sites for hydroxylation is 2. The quantitative estimate of drug-likeness (QED) is 0.253. The smallest absolute Gasteiger partial charge is 0.322 e. The van der Waals surface area contributed by atoms with Gasteiger partial charge in [0, 0.05) is 53.7 Å². The molecule has 0 saturated heterocycles. The first-order chi connectivity index (χ1) is 18.7. The van der Waals surface area contributed by atoms with E-state index in [2.05, 4.69) is 25.3 Å². The van der Waals surface area contributed by atoms with E-state index in [9.17, 15) is 18.0 Å². The molecule has 0 aliphatic heterocycles. The fraction of sp³-hybridized carbons (Fsp3) is 0.167. The summed E-state index contributed by atoms with van der Waals surface area (Å²) in [7, 11) is 0. The molecule has 0 radical (unpaired) electrons. The molecule has 0 spiro atoms. The molecule has 3 aromatic heterocycles. The molecule has 40 heavy (non-hydrogen) atoms. The van der Waals surface area contributed by atoms with Crippen molar-refractivity contribution in [3.63, 3.8) is 0 Å². The van der Waals surface area contributed by atoms with Crippen LogP contribution >= 0.6 is 0 Å². The second-order valence-electron chi connectivity index (χ2n) is 9.06. The van der Waals surface area contributed by atoms with Crippen LogP contribution in [0.5, 0.6) is 0 Å². The fourth-order valence-corrected chi connectivity index (χ4v) is 4.09. The third-order valence-corrected chi connectivity index (χ3v) is 6.14. The van der Waals surface area contributed by atoms with Crippen LogP contribution in [-0.4, -0.2) is 30.4 Å². The lowest BCUT2D eigenvalue weighted by atomic mass is 10.0. The number of hydrogen-bond acceptors (Lipinski definition) is 5. The molecule has 0 atom stereocenters. The number of amides is 1. The lowest BCUT2D eigenvalue weighted by Crippen LogP contribution is -2.14. The van der Waals surface area contributed by atoms with Crippen LogP contribution in [-0.2, 0) is 12.6 Å². The van der Waals surface area contributed by atoms with Crippen LogP contribution in [0.25, 0.3) is 16.9 Å². The normalized spacial score (nSPS) is 11.1. The van der Waals surface area contributed by atoms with E-state index < -0.39 is 17.6 Å². The van der Waals surface area contributed by atoms with Gasteiger partial charge in [0.15, 0.2) is 0 Å². The molecule has 0 aliphatic carbocycles. The Morgan fingerprint density at radius 3 is 2.52 bits per heavy atom. The van der Waals surface area contributed by atoms with Gasteiger partial charge < -0.3 is 9.88 Å². The molecule has 2 aromatic carbocycles. The number of hydrogen-bond donors (Lipinski definition) is 1. The standard InChI is InChI=1S/C29H23F3N6O.CH4/c1-18-5-6-20(10-22(18)11-27-34-9-7-26(37-27)21-4-3-8-33-15-21)28(39)36-24-12-23(29(30,31)32)13-25(14-24)38-16-19(2)35-17-38;/h3-10,12-17H,11H2,1-2H3,(H,36,39);1H4. The number of aromatic nitrogens is 5. The van der Waals surface area contributed by atoms with Gasteiger partial charge in [0.1, 0.15) is 5.82 Å². The van der Waals surface area contributed by atoms with Crippen LogP contribution < -0.4 is 5.32 Å². The summed E-state index contributed by atoms with van der Waals surface area (Å²) in [5.41, 5.74) is 3.67. The Hall–Kier alpha value is -4.86. The minimum atomic E-state index is -4.59. The van der Waals surface area contributed by atoms with Gasteiger partial charge in [0.25, 0.3) is 5.91 Å². The van der Waals surface area contributed by atoms with Crippen molar-refractivity contribution >= 4 is 11.6 Å². The summed E-state index contributed by atoms with van der Waals surface area (Å²) < 4.78 is 42.3. The number of halogens is 3. The SMILES string of the molecule is C.Cc1cn(-c2cc(NC(=O)c3ccc(C)c(Cc4nccc(-c5cccnc5)n4)c3)cc(C(F)(F)F)c2)cn1. The van der Waals surface area contributed by atoms with Gasteiger partial charge >= 0.3 is 6.18 Å². The maximum atomic E-state index is 13.6. The van der Waals surface area contributed by atoms with E-state index in [0.29, 0.717) is 23.5 Å². The Bertz CT molecular complexity index is 1650. The molecule has 10 heteroatoms. The minimum absolute atomic E-state index is 0. The van der Waals surface area contributed by atoms with Gasteiger partial charge in [-0.05, 0) is 73.5 Å². The molecule has 5 rings (SSSR count). The highest BCUT2D eigenvalue weighted by Crippen LogP contribution is 2.33. The molecule has 1 amide bonds. The number of carbonyl (C=O) groups is 1. The second kappa shape index (κ2) is 11.5. The van der Waals surface area contributed by atoms with E-state index in [1.54, 1.807) is 56.0 Å². The zero-order valence-corrected chi connectivity index (χ0v) is 21.1. The highest BCUT2D eigenvalue weighted by atomic mass is 19.4. The number of benzene rings is 2. The molecule has 0 fully saturated rings. The van der Waals surface area contributed by atoms with Crippen LogP contribution in [0.4, 0.5) is 18.9 Å². The number of imidazole rings is 1. The van der Waals surface area contributed by atoms with Crippen LogP contribution in [0.1, 0.15) is 46.0 Å². The van der Waals surface area contributed by atoms with Crippen molar-refractivity contribution in [1.82, 2.24) is 24.5 Å². The van der Waals surface area contributed by atoms with Crippen LogP contribution in [0.3, 0.4) is 0 Å². The maximum absolute atomic E-state index is 13.6. The predicted molar refractivity (Wildman–Crippen MR) is 147 cm³/mol. The highest BCUT2D eigenvalue weighted by molar-refractivity contribution is 6.04. The minimum Gasteiger partial charge on any atom is -0.322 e. The molecule has 0 saturated carbocycles. The van der Waals surface area contributed by atoms with Crippen molar-refractivity contribution in [3.05, 3.63) is 119 Å². The van der Waals surface area contributed by atoms with E-state index in [-0.39, 0.29) is 18.8 Å². The molecule has 0 aliphatic rings. The van der Waals surface area contributed by atoms with Crippen molar-refractivity contribution in [2.45, 2.75) is 33.9 Å². The zero-order chi connectivity index (χ0) is 27.6. The summed E-state index contributed by atoms with van der Waals surface area (Å²) in [6.07, 6.45) is 3.89. The van der Waals surface area contributed by atoms with Crippen LogP contribution in [0.15, 0.2) is 85.7 Å². The van der Waals surface area contributed by atoms with E-state index in [1.165, 1.54) is 17.0 Å². The third-order valence-electron chi connectivity index (χ3n) is 6.14. The molecule has 3 heterocycles. The first-order valence-corrected chi connectivity index (χ1v) is 12.0. The number of rotatable bonds is 6. The monoisotopic (exact) mass is 544 g/mol. The van der Waals surface area contributed by atoms with E-state index in [4.69, 9.17) is 0 Å². The highest BCUT2D eigenvalue weighted by Gasteiger charge is 2.31. The summed E-state index contributed by atoms with van der Waals surface area (Å²) in [5.74, 6) is 0.0310. The molecule has 0 bridgehead atoms. The molecule has 7 nitrogen and oxygen atoms in total. The van der Waals surface area contributed by atoms with E-state index in [0.717, 1.165) is 34.5 Å².